The summed E-state index contributed by atoms with van der Waals surface area (Å²) in [6.07, 6.45) is 3.09. The van der Waals surface area contributed by atoms with Crippen LogP contribution in [0.15, 0.2) is 70.6 Å². The fourth-order valence-electron chi connectivity index (χ4n) is 2.69. The summed E-state index contributed by atoms with van der Waals surface area (Å²) in [5.41, 5.74) is 3.93. The van der Waals surface area contributed by atoms with Crippen molar-refractivity contribution in [2.75, 3.05) is 5.32 Å². The Hall–Kier alpha value is -3.23. The van der Waals surface area contributed by atoms with E-state index in [0.717, 1.165) is 21.3 Å². The van der Waals surface area contributed by atoms with E-state index in [4.69, 9.17) is 0 Å². The van der Waals surface area contributed by atoms with Crippen molar-refractivity contribution in [1.29, 1.82) is 0 Å². The molecular formula is C22H18N4O2S2. The number of amides is 1. The van der Waals surface area contributed by atoms with Crippen LogP contribution < -0.4 is 5.32 Å². The number of hydrogen-bond donors (Lipinski definition) is 2. The molecule has 0 aliphatic rings. The van der Waals surface area contributed by atoms with Gasteiger partial charge in [0.1, 0.15) is 10.1 Å². The molecule has 0 atom stereocenters. The summed E-state index contributed by atoms with van der Waals surface area (Å²) >= 11 is 3.33. The van der Waals surface area contributed by atoms with Crippen LogP contribution in [0.4, 0.5) is 5.69 Å². The van der Waals surface area contributed by atoms with Crippen LogP contribution in [0.5, 0.6) is 5.75 Å². The molecule has 0 bridgehead atoms. The number of rotatable bonds is 6. The van der Waals surface area contributed by atoms with E-state index in [1.54, 1.807) is 65.8 Å². The Morgan fingerprint density at radius 3 is 2.57 bits per heavy atom. The number of benzene rings is 2. The van der Waals surface area contributed by atoms with E-state index < -0.39 is 0 Å². The maximum absolute atomic E-state index is 12.5. The number of thiazole rings is 1. The van der Waals surface area contributed by atoms with E-state index in [1.165, 1.54) is 0 Å². The van der Waals surface area contributed by atoms with Gasteiger partial charge >= 0.3 is 0 Å². The van der Waals surface area contributed by atoms with E-state index in [1.807, 2.05) is 30.5 Å². The molecule has 0 fully saturated rings. The van der Waals surface area contributed by atoms with Gasteiger partial charge < -0.3 is 10.4 Å². The SMILES string of the molecule is Cc1csc(SCc2ccc(C(=O)Nc3cnc(-c4cccc(O)c4)nc3)cc2)n1. The van der Waals surface area contributed by atoms with Crippen molar-refractivity contribution in [1.82, 2.24) is 15.0 Å². The molecule has 0 spiro atoms. The minimum Gasteiger partial charge on any atom is -0.508 e. The van der Waals surface area contributed by atoms with Crippen molar-refractivity contribution >= 4 is 34.7 Å². The largest absolute Gasteiger partial charge is 0.508 e. The van der Waals surface area contributed by atoms with Gasteiger partial charge in [0, 0.05) is 28.0 Å². The van der Waals surface area contributed by atoms with Crippen molar-refractivity contribution in [3.05, 3.63) is 83.1 Å². The fraction of sp³-hybridized carbons (Fsp3) is 0.0909. The van der Waals surface area contributed by atoms with E-state index in [-0.39, 0.29) is 11.7 Å². The summed E-state index contributed by atoms with van der Waals surface area (Å²) < 4.78 is 1.04. The molecule has 4 aromatic rings. The molecule has 1 amide bonds. The number of phenols is 1. The van der Waals surface area contributed by atoms with Crippen molar-refractivity contribution < 1.29 is 9.90 Å². The predicted molar refractivity (Wildman–Crippen MR) is 120 cm³/mol. The number of hydrogen-bond acceptors (Lipinski definition) is 7. The summed E-state index contributed by atoms with van der Waals surface area (Å²) in [7, 11) is 0. The Balaban J connectivity index is 1.36. The number of aromatic hydroxyl groups is 1. The minimum absolute atomic E-state index is 0.150. The summed E-state index contributed by atoms with van der Waals surface area (Å²) in [4.78, 5) is 25.5. The highest BCUT2D eigenvalue weighted by atomic mass is 32.2. The van der Waals surface area contributed by atoms with Gasteiger partial charge in [-0.25, -0.2) is 15.0 Å². The molecule has 2 aromatic carbocycles. The second-order valence-corrected chi connectivity index (χ2v) is 8.62. The first-order chi connectivity index (χ1) is 14.6. The summed E-state index contributed by atoms with van der Waals surface area (Å²) in [5, 5.41) is 14.4. The zero-order valence-electron chi connectivity index (χ0n) is 16.1. The molecule has 0 unspecified atom stereocenters. The zero-order chi connectivity index (χ0) is 20.9. The number of nitrogens with zero attached hydrogens (tertiary/aromatic N) is 3. The lowest BCUT2D eigenvalue weighted by Gasteiger charge is -2.07. The Bertz CT molecular complexity index is 1160. The number of phenolic OH excluding ortho intramolecular Hbond substituents is 1. The maximum atomic E-state index is 12.5. The van der Waals surface area contributed by atoms with Crippen LogP contribution in [0.2, 0.25) is 0 Å². The molecule has 0 aliphatic heterocycles. The van der Waals surface area contributed by atoms with Crippen LogP contribution in [0.3, 0.4) is 0 Å². The Morgan fingerprint density at radius 2 is 1.90 bits per heavy atom. The van der Waals surface area contributed by atoms with Crippen LogP contribution in [-0.2, 0) is 5.75 Å². The van der Waals surface area contributed by atoms with Crippen molar-refractivity contribution in [2.45, 2.75) is 17.0 Å². The Morgan fingerprint density at radius 1 is 1.13 bits per heavy atom. The summed E-state index contributed by atoms with van der Waals surface area (Å²) in [6, 6.07) is 14.2. The molecule has 0 aliphatic carbocycles. The first kappa shape index (κ1) is 20.1. The fourth-order valence-corrected chi connectivity index (χ4v) is 4.49. The molecule has 0 saturated heterocycles. The molecule has 0 radical (unpaired) electrons. The third-order valence-corrected chi connectivity index (χ3v) is 6.40. The Labute approximate surface area is 182 Å². The summed E-state index contributed by atoms with van der Waals surface area (Å²) in [6.45, 7) is 1.99. The normalized spacial score (nSPS) is 10.7. The second-order valence-electron chi connectivity index (χ2n) is 6.54. The molecule has 0 saturated carbocycles. The van der Waals surface area contributed by atoms with Gasteiger partial charge in [0.2, 0.25) is 0 Å². The van der Waals surface area contributed by atoms with E-state index in [9.17, 15) is 9.90 Å². The van der Waals surface area contributed by atoms with Crippen LogP contribution in [0.25, 0.3) is 11.4 Å². The molecule has 2 heterocycles. The van der Waals surface area contributed by atoms with Crippen molar-refractivity contribution in [3.8, 4) is 17.1 Å². The second kappa shape index (κ2) is 9.06. The molecule has 4 rings (SSSR count). The highest BCUT2D eigenvalue weighted by molar-refractivity contribution is 8.00. The monoisotopic (exact) mass is 434 g/mol. The van der Waals surface area contributed by atoms with Gasteiger partial charge in [0.05, 0.1) is 18.1 Å². The minimum atomic E-state index is -0.224. The molecule has 150 valence electrons. The van der Waals surface area contributed by atoms with E-state index in [2.05, 4.69) is 20.3 Å². The van der Waals surface area contributed by atoms with Gasteiger partial charge in [-0.05, 0) is 36.8 Å². The number of aryl methyl sites for hydroxylation is 1. The lowest BCUT2D eigenvalue weighted by atomic mass is 10.1. The van der Waals surface area contributed by atoms with Crippen LogP contribution in [0.1, 0.15) is 21.6 Å². The number of carbonyl (C=O) groups is 1. The molecule has 2 aromatic heterocycles. The lowest BCUT2D eigenvalue weighted by Crippen LogP contribution is -2.12. The smallest absolute Gasteiger partial charge is 0.255 e. The molecule has 6 nitrogen and oxygen atoms in total. The van der Waals surface area contributed by atoms with Crippen molar-refractivity contribution in [3.63, 3.8) is 0 Å². The average Bonchev–Trinajstić information content (AvgIpc) is 3.18. The van der Waals surface area contributed by atoms with Crippen LogP contribution in [-0.4, -0.2) is 26.0 Å². The third-order valence-electron chi connectivity index (χ3n) is 4.19. The third kappa shape index (κ3) is 5.03. The Kier molecular flexibility index (Phi) is 6.06. The number of nitrogens with one attached hydrogen (secondary N) is 1. The van der Waals surface area contributed by atoms with Gasteiger partial charge in [0.25, 0.3) is 5.91 Å². The van der Waals surface area contributed by atoms with Crippen LogP contribution >= 0.6 is 23.1 Å². The quantitative estimate of drug-likeness (QED) is 0.408. The van der Waals surface area contributed by atoms with E-state index in [0.29, 0.717) is 22.6 Å². The molecule has 8 heteroatoms. The number of thioether (sulfide) groups is 1. The van der Waals surface area contributed by atoms with Crippen LogP contribution in [0, 0.1) is 6.92 Å². The highest BCUT2D eigenvalue weighted by Gasteiger charge is 2.09. The van der Waals surface area contributed by atoms with E-state index >= 15 is 0 Å². The summed E-state index contributed by atoms with van der Waals surface area (Å²) in [5.74, 6) is 1.20. The average molecular weight is 435 g/mol. The molecular weight excluding hydrogens is 416 g/mol. The number of carbonyl (C=O) groups excluding carboxylic acids is 1. The predicted octanol–water partition coefficient (Wildman–Crippen LogP) is 5.16. The van der Waals surface area contributed by atoms with Gasteiger partial charge in [0.15, 0.2) is 5.82 Å². The standard InChI is InChI=1S/C22H18N4O2S2/c1-14-12-29-22(25-14)30-13-15-5-7-16(8-6-15)21(28)26-18-10-23-20(24-11-18)17-3-2-4-19(27)9-17/h2-12,27H,13H2,1H3,(H,26,28). The van der Waals surface area contributed by atoms with Gasteiger partial charge in [-0.2, -0.15) is 0 Å². The molecule has 30 heavy (non-hydrogen) atoms. The van der Waals surface area contributed by atoms with Crippen molar-refractivity contribution in [2.24, 2.45) is 0 Å². The lowest BCUT2D eigenvalue weighted by molar-refractivity contribution is 0.102. The maximum Gasteiger partial charge on any atom is 0.255 e. The first-order valence-corrected chi connectivity index (χ1v) is 11.0. The topological polar surface area (TPSA) is 88.0 Å². The highest BCUT2D eigenvalue weighted by Crippen LogP contribution is 2.26. The molecule has 2 N–H and O–H groups in total. The van der Waals surface area contributed by atoms with Gasteiger partial charge in [-0.1, -0.05) is 36.0 Å². The zero-order valence-corrected chi connectivity index (χ0v) is 17.7. The number of aromatic nitrogens is 3. The first-order valence-electron chi connectivity index (χ1n) is 9.13. The number of anilines is 1. The van der Waals surface area contributed by atoms with Gasteiger partial charge in [-0.3, -0.25) is 4.79 Å². The van der Waals surface area contributed by atoms with Gasteiger partial charge in [-0.15, -0.1) is 11.3 Å².